The molecule has 1 heterocycles. The molecule has 200 valence electrons. The molecule has 0 aliphatic carbocycles. The van der Waals surface area contributed by atoms with E-state index < -0.39 is 29.3 Å². The zero-order valence-corrected chi connectivity index (χ0v) is 21.9. The van der Waals surface area contributed by atoms with Crippen LogP contribution in [0.2, 0.25) is 0 Å². The van der Waals surface area contributed by atoms with E-state index in [0.29, 0.717) is 23.4 Å². The molecule has 0 spiro atoms. The van der Waals surface area contributed by atoms with Crippen molar-refractivity contribution in [3.63, 3.8) is 0 Å². The van der Waals surface area contributed by atoms with Gasteiger partial charge >= 0.3 is 17.8 Å². The summed E-state index contributed by atoms with van der Waals surface area (Å²) in [6.07, 6.45) is 1.39. The molecule has 1 aromatic heterocycles. The van der Waals surface area contributed by atoms with Gasteiger partial charge in [0.2, 0.25) is 11.4 Å². The average molecular weight is 532 g/mol. The predicted molar refractivity (Wildman–Crippen MR) is 137 cm³/mol. The first-order valence-corrected chi connectivity index (χ1v) is 11.4. The Balaban J connectivity index is 2.77. The number of aromatic nitrogens is 2. The summed E-state index contributed by atoms with van der Waals surface area (Å²) < 4.78 is 1.65. The molecule has 0 aliphatic rings. The van der Waals surface area contributed by atoms with Crippen LogP contribution in [0.4, 0.5) is 10.5 Å². The summed E-state index contributed by atoms with van der Waals surface area (Å²) in [7, 11) is 2.12. The number of amides is 4. The van der Waals surface area contributed by atoms with E-state index in [0.717, 1.165) is 19.1 Å². The number of benzene rings is 1. The molecule has 1 aromatic carbocycles. The quantitative estimate of drug-likeness (QED) is 0.345. The number of nitrogens with zero attached hydrogens (tertiary/aromatic N) is 9. The number of nitriles is 3. The van der Waals surface area contributed by atoms with Crippen LogP contribution < -0.4 is 4.90 Å². The summed E-state index contributed by atoms with van der Waals surface area (Å²) in [5.41, 5.74) is -0.312. The Bertz CT molecular complexity index is 1390. The Morgan fingerprint density at radius 2 is 1.64 bits per heavy atom. The molecule has 0 N–H and O–H groups in total. The molecule has 2 aromatic rings. The zero-order valence-electron chi connectivity index (χ0n) is 21.9. The highest BCUT2D eigenvalue weighted by Gasteiger charge is 2.39. The highest BCUT2D eigenvalue weighted by Crippen LogP contribution is 2.25. The van der Waals surface area contributed by atoms with Crippen molar-refractivity contribution in [1.82, 2.24) is 14.7 Å². The Morgan fingerprint density at radius 1 is 1.05 bits per heavy atom. The van der Waals surface area contributed by atoms with Gasteiger partial charge in [-0.25, -0.2) is 4.79 Å². The first kappa shape index (κ1) is 29.7. The number of rotatable bonds is 9. The molecule has 0 bridgehead atoms. The van der Waals surface area contributed by atoms with Crippen LogP contribution in [0.1, 0.15) is 30.7 Å². The Hall–Kier alpha value is -5.55. The Labute approximate surface area is 224 Å². The number of imide groups is 3. The molecule has 0 unspecified atom stereocenters. The highest BCUT2D eigenvalue weighted by molar-refractivity contribution is 6.57. The number of urea groups is 1. The van der Waals surface area contributed by atoms with Crippen LogP contribution in [-0.2, 0) is 32.4 Å². The van der Waals surface area contributed by atoms with E-state index in [4.69, 9.17) is 0 Å². The van der Waals surface area contributed by atoms with Crippen LogP contribution in [0.25, 0.3) is 0 Å². The third-order valence-corrected chi connectivity index (χ3v) is 5.11. The Morgan fingerprint density at radius 3 is 2.13 bits per heavy atom. The first-order valence-electron chi connectivity index (χ1n) is 11.4. The Kier molecular flexibility index (Phi) is 10.4. The minimum atomic E-state index is -1.46. The van der Waals surface area contributed by atoms with E-state index in [1.54, 1.807) is 29.8 Å². The van der Waals surface area contributed by atoms with Crippen molar-refractivity contribution in [2.24, 2.45) is 16.2 Å². The molecule has 14 heteroatoms. The molecule has 0 aliphatic heterocycles. The lowest BCUT2D eigenvalue weighted by Crippen LogP contribution is -2.53. The third-order valence-electron chi connectivity index (χ3n) is 5.11. The lowest BCUT2D eigenvalue weighted by molar-refractivity contribution is -0.132. The van der Waals surface area contributed by atoms with Crippen LogP contribution >= 0.6 is 0 Å². The van der Waals surface area contributed by atoms with E-state index in [1.165, 1.54) is 24.4 Å². The van der Waals surface area contributed by atoms with E-state index >= 15 is 0 Å². The molecule has 4 amide bonds. The molecule has 2 rings (SSSR count). The van der Waals surface area contributed by atoms with E-state index in [-0.39, 0.29) is 23.0 Å². The molecule has 0 saturated carbocycles. The SMILES string of the molecule is CON=C(C#N)C(=O)N(C(=O)C(C#N)=NOC)C(=O)N(Cc1cccc(C#N)c1)c1cnn(CC(C)C)c1C. The van der Waals surface area contributed by atoms with Crippen molar-refractivity contribution < 1.29 is 24.1 Å². The lowest BCUT2D eigenvalue weighted by Gasteiger charge is -2.27. The minimum Gasteiger partial charge on any atom is -0.398 e. The van der Waals surface area contributed by atoms with E-state index in [9.17, 15) is 30.2 Å². The van der Waals surface area contributed by atoms with E-state index in [1.807, 2.05) is 19.9 Å². The number of anilines is 1. The second-order valence-electron chi connectivity index (χ2n) is 8.29. The largest absolute Gasteiger partial charge is 0.398 e. The van der Waals surface area contributed by atoms with Crippen molar-refractivity contribution in [3.8, 4) is 18.2 Å². The summed E-state index contributed by atoms with van der Waals surface area (Å²) in [6.45, 7) is 5.95. The highest BCUT2D eigenvalue weighted by atomic mass is 16.6. The van der Waals surface area contributed by atoms with Crippen molar-refractivity contribution in [2.45, 2.75) is 33.9 Å². The maximum Gasteiger partial charge on any atom is 0.339 e. The second kappa shape index (κ2) is 13.7. The van der Waals surface area contributed by atoms with Gasteiger partial charge in [0.15, 0.2) is 0 Å². The maximum absolute atomic E-state index is 14.0. The molecule has 14 nitrogen and oxygen atoms in total. The van der Waals surface area contributed by atoms with Gasteiger partial charge in [-0.1, -0.05) is 36.3 Å². The van der Waals surface area contributed by atoms with Crippen LogP contribution in [0.5, 0.6) is 0 Å². The van der Waals surface area contributed by atoms with Gasteiger partial charge in [0.25, 0.3) is 0 Å². The van der Waals surface area contributed by atoms with Gasteiger partial charge in [-0.2, -0.15) is 25.8 Å². The van der Waals surface area contributed by atoms with Crippen LogP contribution in [0.15, 0.2) is 40.8 Å². The van der Waals surface area contributed by atoms with Gasteiger partial charge in [-0.3, -0.25) is 19.2 Å². The second-order valence-corrected chi connectivity index (χ2v) is 8.29. The fraction of sp³-hybridized carbons (Fsp3) is 0.320. The van der Waals surface area contributed by atoms with Gasteiger partial charge in [0.05, 0.1) is 35.8 Å². The van der Waals surface area contributed by atoms with Crippen LogP contribution in [0.3, 0.4) is 0 Å². The summed E-state index contributed by atoms with van der Waals surface area (Å²) in [4.78, 5) is 50.6. The molecule has 0 saturated heterocycles. The third kappa shape index (κ3) is 7.02. The molecule has 0 atom stereocenters. The zero-order chi connectivity index (χ0) is 29.1. The van der Waals surface area contributed by atoms with Crippen LogP contribution in [0, 0.1) is 46.8 Å². The van der Waals surface area contributed by atoms with Gasteiger partial charge in [0, 0.05) is 6.54 Å². The lowest BCUT2D eigenvalue weighted by atomic mass is 10.1. The molecular weight excluding hydrogens is 506 g/mol. The predicted octanol–water partition coefficient (Wildman–Crippen LogP) is 2.25. The monoisotopic (exact) mass is 531 g/mol. The fourth-order valence-corrected chi connectivity index (χ4v) is 3.40. The maximum atomic E-state index is 14.0. The van der Waals surface area contributed by atoms with Gasteiger partial charge in [0.1, 0.15) is 26.4 Å². The smallest absolute Gasteiger partial charge is 0.339 e. The normalized spacial score (nSPS) is 11.2. The molecular formula is C25H25N9O5. The summed E-state index contributed by atoms with van der Waals surface area (Å²) in [6, 6.07) is 10.1. The summed E-state index contributed by atoms with van der Waals surface area (Å²) >= 11 is 0. The molecule has 0 fully saturated rings. The number of carbonyl (C=O) groups is 3. The van der Waals surface area contributed by atoms with Crippen molar-refractivity contribution in [3.05, 3.63) is 47.3 Å². The minimum absolute atomic E-state index is 0.0511. The van der Waals surface area contributed by atoms with Gasteiger partial charge < -0.3 is 9.68 Å². The van der Waals surface area contributed by atoms with Crippen molar-refractivity contribution >= 4 is 35.0 Å². The number of hydrogen-bond acceptors (Lipinski definition) is 11. The molecule has 0 radical (unpaired) electrons. The van der Waals surface area contributed by atoms with Crippen molar-refractivity contribution in [2.75, 3.05) is 19.1 Å². The average Bonchev–Trinajstić information content (AvgIpc) is 3.27. The van der Waals surface area contributed by atoms with Gasteiger partial charge in [-0.05, 0) is 30.5 Å². The number of hydrogen-bond donors (Lipinski definition) is 0. The van der Waals surface area contributed by atoms with Gasteiger partial charge in [-0.15, -0.1) is 0 Å². The molecule has 39 heavy (non-hydrogen) atoms. The number of carbonyl (C=O) groups excluding carboxylic acids is 3. The standard InChI is InChI=1S/C25H25N9O5/c1-16(2)14-33-17(3)22(13-29-33)32(15-19-8-6-7-18(9-19)10-26)25(37)34(23(35)20(11-27)30-38-4)24(36)21(12-28)31-39-5/h6-9,13,16H,14-15H2,1-5H3. The van der Waals surface area contributed by atoms with E-state index in [2.05, 4.69) is 25.1 Å². The topological polar surface area (TPSA) is 190 Å². The van der Waals surface area contributed by atoms with Crippen LogP contribution in [-0.4, -0.2) is 58.2 Å². The fourth-order valence-electron chi connectivity index (χ4n) is 3.40. The summed E-state index contributed by atoms with van der Waals surface area (Å²) in [5.74, 6) is -2.72. The first-order chi connectivity index (χ1) is 18.6. The summed E-state index contributed by atoms with van der Waals surface area (Å²) in [5, 5.41) is 39.0. The van der Waals surface area contributed by atoms with Crippen molar-refractivity contribution in [1.29, 1.82) is 15.8 Å². The number of oxime groups is 2.